The minimum Gasteiger partial charge on any atom is -0.441 e. The number of amides is 3. The molecule has 0 aliphatic carbocycles. The van der Waals surface area contributed by atoms with Gasteiger partial charge in [-0.05, 0) is 61.2 Å². The molecule has 5 rings (SSSR count). The molecular formula is C26H28FN3O4. The molecule has 0 saturated carbocycles. The van der Waals surface area contributed by atoms with Crippen LogP contribution in [-0.2, 0) is 16.1 Å². The average Bonchev–Trinajstić information content (AvgIpc) is 3.31. The number of hydrogen-bond donors (Lipinski definition) is 0. The molecule has 0 aromatic heterocycles. The Hall–Kier alpha value is -3.42. The molecule has 3 saturated heterocycles. The summed E-state index contributed by atoms with van der Waals surface area (Å²) in [6.07, 6.45) is 2.98. The Morgan fingerprint density at radius 1 is 1.00 bits per heavy atom. The quantitative estimate of drug-likeness (QED) is 0.685. The van der Waals surface area contributed by atoms with Gasteiger partial charge in [0.15, 0.2) is 0 Å². The van der Waals surface area contributed by atoms with Gasteiger partial charge in [0, 0.05) is 50.3 Å². The molecule has 3 aliphatic heterocycles. The molecule has 34 heavy (non-hydrogen) atoms. The lowest BCUT2D eigenvalue weighted by atomic mass is 9.95. The van der Waals surface area contributed by atoms with Crippen LogP contribution in [-0.4, -0.2) is 59.5 Å². The van der Waals surface area contributed by atoms with Crippen molar-refractivity contribution in [3.05, 3.63) is 65.5 Å². The van der Waals surface area contributed by atoms with Crippen LogP contribution in [0.25, 0.3) is 0 Å². The minimum absolute atomic E-state index is 0.0497. The Morgan fingerprint density at radius 3 is 2.59 bits per heavy atom. The second kappa shape index (κ2) is 9.08. The number of likely N-dealkylation sites (tertiary alicyclic amines) is 2. The first-order chi connectivity index (χ1) is 16.4. The zero-order valence-corrected chi connectivity index (χ0v) is 19.0. The highest BCUT2D eigenvalue weighted by molar-refractivity contribution is 5.94. The molecule has 3 heterocycles. The van der Waals surface area contributed by atoms with Gasteiger partial charge in [0.25, 0.3) is 5.91 Å². The summed E-state index contributed by atoms with van der Waals surface area (Å²) in [5, 5.41) is 0. The topological polar surface area (TPSA) is 70.2 Å². The summed E-state index contributed by atoms with van der Waals surface area (Å²) in [6.45, 7) is 2.75. The van der Waals surface area contributed by atoms with Crippen LogP contribution >= 0.6 is 0 Å². The van der Waals surface area contributed by atoms with Crippen LogP contribution in [0.4, 0.5) is 14.9 Å². The third-order valence-electron chi connectivity index (χ3n) is 7.01. The molecule has 2 aromatic carbocycles. The van der Waals surface area contributed by atoms with Crippen molar-refractivity contribution in [2.75, 3.05) is 31.1 Å². The highest BCUT2D eigenvalue weighted by Crippen LogP contribution is 2.36. The Balaban J connectivity index is 1.25. The molecule has 0 unspecified atom stereocenters. The monoisotopic (exact) mass is 465 g/mol. The van der Waals surface area contributed by atoms with E-state index >= 15 is 0 Å². The van der Waals surface area contributed by atoms with Gasteiger partial charge in [0.1, 0.15) is 11.4 Å². The zero-order chi connectivity index (χ0) is 23.7. The van der Waals surface area contributed by atoms with E-state index in [4.69, 9.17) is 4.74 Å². The van der Waals surface area contributed by atoms with E-state index in [1.54, 1.807) is 17.0 Å². The average molecular weight is 466 g/mol. The van der Waals surface area contributed by atoms with E-state index in [0.29, 0.717) is 56.7 Å². The number of carbonyl (C=O) groups excluding carboxylic acids is 3. The van der Waals surface area contributed by atoms with E-state index in [-0.39, 0.29) is 17.6 Å². The standard InChI is InChI=1S/C26H28FN3O4/c27-21-7-9-22(10-8-21)30-18-26(34-25(30)33)11-3-14-28(15-12-26)24(32)20-5-1-4-19(16-20)17-29-13-2-6-23(29)31/h1,4-5,7-10,16H,2-3,6,11-15,17-18H2/t26-/m1/s1. The summed E-state index contributed by atoms with van der Waals surface area (Å²) in [4.78, 5) is 43.0. The number of anilines is 1. The van der Waals surface area contributed by atoms with E-state index < -0.39 is 11.7 Å². The fourth-order valence-electron chi connectivity index (χ4n) is 5.15. The molecule has 0 bridgehead atoms. The predicted molar refractivity (Wildman–Crippen MR) is 124 cm³/mol. The molecule has 3 amide bonds. The molecule has 2 aromatic rings. The Labute approximate surface area is 198 Å². The Bertz CT molecular complexity index is 1110. The number of halogens is 1. The van der Waals surface area contributed by atoms with Gasteiger partial charge >= 0.3 is 6.09 Å². The number of ether oxygens (including phenoxy) is 1. The van der Waals surface area contributed by atoms with Crippen molar-refractivity contribution in [3.63, 3.8) is 0 Å². The third-order valence-corrected chi connectivity index (χ3v) is 7.01. The molecule has 3 aliphatic rings. The number of hydrogen-bond acceptors (Lipinski definition) is 4. The van der Waals surface area contributed by atoms with Gasteiger partial charge in [-0.15, -0.1) is 0 Å². The summed E-state index contributed by atoms with van der Waals surface area (Å²) in [5.74, 6) is -0.243. The van der Waals surface area contributed by atoms with Gasteiger partial charge in [0.2, 0.25) is 5.91 Å². The lowest BCUT2D eigenvalue weighted by molar-refractivity contribution is -0.128. The van der Waals surface area contributed by atoms with E-state index in [9.17, 15) is 18.8 Å². The van der Waals surface area contributed by atoms with Crippen LogP contribution in [0.2, 0.25) is 0 Å². The first-order valence-electron chi connectivity index (χ1n) is 11.8. The van der Waals surface area contributed by atoms with Gasteiger partial charge in [0.05, 0.1) is 6.54 Å². The van der Waals surface area contributed by atoms with Gasteiger partial charge < -0.3 is 14.5 Å². The molecule has 178 valence electrons. The van der Waals surface area contributed by atoms with Crippen molar-refractivity contribution >= 4 is 23.6 Å². The summed E-state index contributed by atoms with van der Waals surface area (Å²) in [5.41, 5.74) is 1.51. The van der Waals surface area contributed by atoms with Crippen molar-refractivity contribution < 1.29 is 23.5 Å². The first-order valence-corrected chi connectivity index (χ1v) is 11.8. The van der Waals surface area contributed by atoms with Gasteiger partial charge in [-0.2, -0.15) is 0 Å². The van der Waals surface area contributed by atoms with Crippen LogP contribution in [0.15, 0.2) is 48.5 Å². The highest BCUT2D eigenvalue weighted by Gasteiger charge is 2.46. The molecule has 3 fully saturated rings. The van der Waals surface area contributed by atoms with E-state index in [1.807, 2.05) is 34.1 Å². The number of benzene rings is 2. The van der Waals surface area contributed by atoms with Gasteiger partial charge in [-0.25, -0.2) is 9.18 Å². The van der Waals surface area contributed by atoms with Crippen LogP contribution in [0.3, 0.4) is 0 Å². The molecule has 1 spiro atoms. The molecule has 0 radical (unpaired) electrons. The molecule has 8 heteroatoms. The lowest BCUT2D eigenvalue weighted by Crippen LogP contribution is -2.37. The first kappa shape index (κ1) is 22.4. The van der Waals surface area contributed by atoms with Crippen LogP contribution in [0.5, 0.6) is 0 Å². The normalized spacial score (nSPS) is 22.9. The van der Waals surface area contributed by atoms with Crippen molar-refractivity contribution in [2.24, 2.45) is 0 Å². The number of rotatable bonds is 4. The van der Waals surface area contributed by atoms with Crippen LogP contribution in [0, 0.1) is 5.82 Å². The summed E-state index contributed by atoms with van der Waals surface area (Å²) in [6, 6.07) is 13.3. The molecule has 0 N–H and O–H groups in total. The van der Waals surface area contributed by atoms with Crippen molar-refractivity contribution in [1.29, 1.82) is 0 Å². The van der Waals surface area contributed by atoms with Crippen LogP contribution in [0.1, 0.15) is 48.0 Å². The smallest absolute Gasteiger partial charge is 0.415 e. The number of nitrogens with zero attached hydrogens (tertiary/aromatic N) is 3. The van der Waals surface area contributed by atoms with Crippen molar-refractivity contribution in [2.45, 2.75) is 44.2 Å². The van der Waals surface area contributed by atoms with Crippen molar-refractivity contribution in [1.82, 2.24) is 9.80 Å². The molecule has 7 nitrogen and oxygen atoms in total. The van der Waals surface area contributed by atoms with Gasteiger partial charge in [-0.1, -0.05) is 12.1 Å². The van der Waals surface area contributed by atoms with Crippen LogP contribution < -0.4 is 4.90 Å². The predicted octanol–water partition coefficient (Wildman–Crippen LogP) is 3.97. The SMILES string of the molecule is O=C1CCCN1Cc1cccc(C(=O)N2CCC[C@@]3(CC2)CN(c2ccc(F)cc2)C(=O)O3)c1. The van der Waals surface area contributed by atoms with E-state index in [1.165, 1.54) is 12.1 Å². The zero-order valence-electron chi connectivity index (χ0n) is 19.0. The molecular weight excluding hydrogens is 437 g/mol. The fourth-order valence-corrected chi connectivity index (χ4v) is 5.15. The largest absolute Gasteiger partial charge is 0.441 e. The number of carbonyl (C=O) groups is 3. The summed E-state index contributed by atoms with van der Waals surface area (Å²) in [7, 11) is 0. The maximum atomic E-state index is 13.3. The fraction of sp³-hybridized carbons (Fsp3) is 0.423. The lowest BCUT2D eigenvalue weighted by Gasteiger charge is -2.26. The highest BCUT2D eigenvalue weighted by atomic mass is 19.1. The second-order valence-corrected chi connectivity index (χ2v) is 9.38. The summed E-state index contributed by atoms with van der Waals surface area (Å²) >= 11 is 0. The third kappa shape index (κ3) is 4.49. The van der Waals surface area contributed by atoms with Crippen molar-refractivity contribution in [3.8, 4) is 0 Å². The Morgan fingerprint density at radius 2 is 1.82 bits per heavy atom. The Kier molecular flexibility index (Phi) is 5.98. The second-order valence-electron chi connectivity index (χ2n) is 9.38. The minimum atomic E-state index is -0.654. The summed E-state index contributed by atoms with van der Waals surface area (Å²) < 4.78 is 19.1. The van der Waals surface area contributed by atoms with E-state index in [2.05, 4.69) is 0 Å². The maximum Gasteiger partial charge on any atom is 0.415 e. The van der Waals surface area contributed by atoms with Gasteiger partial charge in [-0.3, -0.25) is 14.5 Å². The molecule has 1 atom stereocenters. The van der Waals surface area contributed by atoms with E-state index in [0.717, 1.165) is 24.9 Å². The maximum absolute atomic E-state index is 13.3.